The molecule has 3 aromatic rings. The molecule has 0 unspecified atom stereocenters. The molecule has 0 atom stereocenters. The van der Waals surface area contributed by atoms with E-state index in [1.165, 1.54) is 0 Å². The number of hydrogen-bond donors (Lipinski definition) is 1. The highest BCUT2D eigenvalue weighted by atomic mass is 79.9. The van der Waals surface area contributed by atoms with Crippen LogP contribution in [0.3, 0.4) is 0 Å². The predicted octanol–water partition coefficient (Wildman–Crippen LogP) is 3.85. The summed E-state index contributed by atoms with van der Waals surface area (Å²) in [6.07, 6.45) is 4.82. The number of halogens is 1. The van der Waals surface area contributed by atoms with Gasteiger partial charge in [-0.25, -0.2) is 4.68 Å². The molecule has 0 radical (unpaired) electrons. The average Bonchev–Trinajstić information content (AvgIpc) is 3.47. The van der Waals surface area contributed by atoms with E-state index in [2.05, 4.69) is 26.3 Å². The number of rotatable bonds is 4. The van der Waals surface area contributed by atoms with Gasteiger partial charge in [0.15, 0.2) is 11.5 Å². The van der Waals surface area contributed by atoms with Crippen LogP contribution in [0.5, 0.6) is 11.5 Å². The third kappa shape index (κ3) is 4.20. The summed E-state index contributed by atoms with van der Waals surface area (Å²) in [7, 11) is 0. The molecule has 1 aromatic heterocycles. The van der Waals surface area contributed by atoms with Crippen molar-refractivity contribution in [2.45, 2.75) is 12.8 Å². The highest BCUT2D eigenvalue weighted by Crippen LogP contribution is 2.34. The molecule has 0 aliphatic carbocycles. The van der Waals surface area contributed by atoms with Crippen LogP contribution in [0.15, 0.2) is 59.3 Å². The number of anilines is 1. The lowest BCUT2D eigenvalue weighted by molar-refractivity contribution is -0.121. The smallest absolute Gasteiger partial charge is 0.253 e. The Labute approximate surface area is 193 Å². The summed E-state index contributed by atoms with van der Waals surface area (Å²) in [5.41, 5.74) is 2.19. The first-order valence-electron chi connectivity index (χ1n) is 10.4. The number of likely N-dealkylation sites (tertiary alicyclic amines) is 1. The van der Waals surface area contributed by atoms with Gasteiger partial charge in [-0.3, -0.25) is 9.59 Å². The molecule has 32 heavy (non-hydrogen) atoms. The van der Waals surface area contributed by atoms with Crippen molar-refractivity contribution in [1.29, 1.82) is 0 Å². The largest absolute Gasteiger partial charge is 0.454 e. The van der Waals surface area contributed by atoms with E-state index in [1.54, 1.807) is 29.1 Å². The van der Waals surface area contributed by atoms with Crippen LogP contribution in [-0.2, 0) is 4.79 Å². The summed E-state index contributed by atoms with van der Waals surface area (Å²) in [6, 6.07) is 12.7. The molecule has 2 aromatic carbocycles. The Kier molecular flexibility index (Phi) is 5.57. The van der Waals surface area contributed by atoms with Crippen molar-refractivity contribution >= 4 is 33.4 Å². The van der Waals surface area contributed by atoms with E-state index in [0.29, 0.717) is 48.7 Å². The minimum Gasteiger partial charge on any atom is -0.454 e. The molecular weight excluding hydrogens is 476 g/mol. The second-order valence-corrected chi connectivity index (χ2v) is 8.69. The molecular formula is C23H21BrN4O4. The summed E-state index contributed by atoms with van der Waals surface area (Å²) in [6.45, 7) is 1.29. The summed E-state index contributed by atoms with van der Waals surface area (Å²) in [5, 5.41) is 7.20. The molecule has 1 fully saturated rings. The fourth-order valence-corrected chi connectivity index (χ4v) is 4.23. The lowest BCUT2D eigenvalue weighted by Gasteiger charge is -2.31. The SMILES string of the molecule is O=C(Nc1ccc2c(c1)OCO2)C1CCN(C(=O)c2ccc(-n3cc(Br)cn3)cc2)CC1. The first-order chi connectivity index (χ1) is 15.6. The van der Waals surface area contributed by atoms with E-state index in [4.69, 9.17) is 9.47 Å². The molecule has 0 bridgehead atoms. The highest BCUT2D eigenvalue weighted by Gasteiger charge is 2.28. The molecule has 2 amide bonds. The van der Waals surface area contributed by atoms with Gasteiger partial charge in [-0.2, -0.15) is 5.10 Å². The number of aromatic nitrogens is 2. The minimum absolute atomic E-state index is 0.0205. The highest BCUT2D eigenvalue weighted by molar-refractivity contribution is 9.10. The van der Waals surface area contributed by atoms with Gasteiger partial charge in [0.05, 0.1) is 16.4 Å². The van der Waals surface area contributed by atoms with Crippen molar-refractivity contribution in [2.24, 2.45) is 5.92 Å². The number of nitrogens with one attached hydrogen (secondary N) is 1. The van der Waals surface area contributed by atoms with Crippen LogP contribution in [-0.4, -0.2) is 46.4 Å². The normalized spacial score (nSPS) is 15.6. The lowest BCUT2D eigenvalue weighted by atomic mass is 9.95. The Hall–Kier alpha value is -3.33. The maximum Gasteiger partial charge on any atom is 0.253 e. The van der Waals surface area contributed by atoms with E-state index in [-0.39, 0.29) is 24.5 Å². The van der Waals surface area contributed by atoms with Crippen LogP contribution in [0.4, 0.5) is 5.69 Å². The number of piperidine rings is 1. The first-order valence-corrected chi connectivity index (χ1v) is 11.2. The molecule has 2 aliphatic rings. The van der Waals surface area contributed by atoms with Gasteiger partial charge in [-0.15, -0.1) is 0 Å². The number of carbonyl (C=O) groups is 2. The Morgan fingerprint density at radius 3 is 2.50 bits per heavy atom. The van der Waals surface area contributed by atoms with Gasteiger partial charge in [-0.05, 0) is 65.2 Å². The Bertz CT molecular complexity index is 1150. The second-order valence-electron chi connectivity index (χ2n) is 7.77. The van der Waals surface area contributed by atoms with Crippen LogP contribution < -0.4 is 14.8 Å². The number of carbonyl (C=O) groups excluding carboxylic acids is 2. The van der Waals surface area contributed by atoms with E-state index in [1.807, 2.05) is 35.4 Å². The topological polar surface area (TPSA) is 85.7 Å². The molecule has 2 aliphatic heterocycles. The van der Waals surface area contributed by atoms with Crippen LogP contribution in [0.25, 0.3) is 5.69 Å². The van der Waals surface area contributed by atoms with Crippen molar-refractivity contribution in [3.63, 3.8) is 0 Å². The van der Waals surface area contributed by atoms with Crippen molar-refractivity contribution in [1.82, 2.24) is 14.7 Å². The standard InChI is InChI=1S/C23H21BrN4O4/c24-17-12-25-28(13-17)19-4-1-16(2-5-19)23(30)27-9-7-15(8-10-27)22(29)26-18-3-6-20-21(11-18)32-14-31-20/h1-6,11-13,15H,7-10,14H2,(H,26,29). The fraction of sp³-hybridized carbons (Fsp3) is 0.261. The van der Waals surface area contributed by atoms with Crippen molar-refractivity contribution in [3.8, 4) is 17.2 Å². The van der Waals surface area contributed by atoms with Gasteiger partial charge in [0.1, 0.15) is 0 Å². The summed E-state index contributed by atoms with van der Waals surface area (Å²) < 4.78 is 13.3. The minimum atomic E-state index is -0.134. The fourth-order valence-electron chi connectivity index (χ4n) is 3.94. The molecule has 8 nitrogen and oxygen atoms in total. The average molecular weight is 497 g/mol. The van der Waals surface area contributed by atoms with E-state index in [0.717, 1.165) is 10.2 Å². The van der Waals surface area contributed by atoms with Crippen LogP contribution in [0.1, 0.15) is 23.2 Å². The summed E-state index contributed by atoms with van der Waals surface area (Å²) in [4.78, 5) is 27.4. The number of amides is 2. The Morgan fingerprint density at radius 2 is 1.78 bits per heavy atom. The molecule has 3 heterocycles. The van der Waals surface area contributed by atoms with Gasteiger partial charge >= 0.3 is 0 Å². The summed E-state index contributed by atoms with van der Waals surface area (Å²) in [5.74, 6) is 1.12. The molecule has 0 spiro atoms. The Morgan fingerprint density at radius 1 is 1.03 bits per heavy atom. The summed E-state index contributed by atoms with van der Waals surface area (Å²) >= 11 is 3.38. The third-order valence-corrected chi connectivity index (χ3v) is 6.13. The maximum atomic E-state index is 12.9. The number of hydrogen-bond acceptors (Lipinski definition) is 5. The van der Waals surface area contributed by atoms with Crippen molar-refractivity contribution in [3.05, 3.63) is 64.9 Å². The van der Waals surface area contributed by atoms with E-state index in [9.17, 15) is 9.59 Å². The lowest BCUT2D eigenvalue weighted by Crippen LogP contribution is -2.41. The second kappa shape index (κ2) is 8.66. The molecule has 164 valence electrons. The van der Waals surface area contributed by atoms with Crippen molar-refractivity contribution < 1.29 is 19.1 Å². The van der Waals surface area contributed by atoms with Gasteiger partial charge in [0, 0.05) is 42.5 Å². The zero-order chi connectivity index (χ0) is 22.1. The van der Waals surface area contributed by atoms with Crippen LogP contribution in [0.2, 0.25) is 0 Å². The van der Waals surface area contributed by atoms with Gasteiger partial charge in [0.2, 0.25) is 12.7 Å². The van der Waals surface area contributed by atoms with Crippen LogP contribution >= 0.6 is 15.9 Å². The molecule has 1 saturated heterocycles. The monoisotopic (exact) mass is 496 g/mol. The Balaban J connectivity index is 1.16. The van der Waals surface area contributed by atoms with Crippen LogP contribution in [0, 0.1) is 5.92 Å². The quantitative estimate of drug-likeness (QED) is 0.592. The first kappa shape index (κ1) is 20.6. The zero-order valence-corrected chi connectivity index (χ0v) is 18.7. The number of ether oxygens (including phenoxy) is 2. The molecule has 1 N–H and O–H groups in total. The van der Waals surface area contributed by atoms with Gasteiger partial charge in [-0.1, -0.05) is 0 Å². The van der Waals surface area contributed by atoms with Gasteiger partial charge in [0.25, 0.3) is 5.91 Å². The third-order valence-electron chi connectivity index (χ3n) is 5.72. The van der Waals surface area contributed by atoms with E-state index < -0.39 is 0 Å². The maximum absolute atomic E-state index is 12.9. The van der Waals surface area contributed by atoms with E-state index >= 15 is 0 Å². The van der Waals surface area contributed by atoms with Gasteiger partial charge < -0.3 is 19.7 Å². The molecule has 9 heteroatoms. The number of fused-ring (bicyclic) bond motifs is 1. The van der Waals surface area contributed by atoms with Crippen molar-refractivity contribution in [2.75, 3.05) is 25.2 Å². The number of nitrogens with zero attached hydrogens (tertiary/aromatic N) is 3. The predicted molar refractivity (Wildman–Crippen MR) is 121 cm³/mol. The number of benzene rings is 2. The molecule has 0 saturated carbocycles. The zero-order valence-electron chi connectivity index (χ0n) is 17.2. The molecule has 5 rings (SSSR count).